The van der Waals surface area contributed by atoms with Crippen LogP contribution in [0.3, 0.4) is 0 Å². The number of nitro groups is 1. The van der Waals surface area contributed by atoms with E-state index in [9.17, 15) is 23.3 Å². The van der Waals surface area contributed by atoms with E-state index in [2.05, 4.69) is 0 Å². The smallest absolute Gasteiger partial charge is 0.271 e. The van der Waals surface area contributed by atoms with Gasteiger partial charge < -0.3 is 0 Å². The molecule has 2 aromatic carbocycles. The maximum absolute atomic E-state index is 13.2. The van der Waals surface area contributed by atoms with Gasteiger partial charge in [0.05, 0.1) is 30.6 Å². The summed E-state index contributed by atoms with van der Waals surface area (Å²) in [7, 11) is -4.42. The predicted octanol–water partition coefficient (Wildman–Crippen LogP) is 4.90. The van der Waals surface area contributed by atoms with Crippen LogP contribution in [0.5, 0.6) is 0 Å². The van der Waals surface area contributed by atoms with Crippen molar-refractivity contribution < 1.29 is 18.1 Å². The Morgan fingerprint density at radius 2 is 1.67 bits per heavy atom. The van der Waals surface area contributed by atoms with E-state index in [0.29, 0.717) is 4.31 Å². The summed E-state index contributed by atoms with van der Waals surface area (Å²) < 4.78 is 26.9. The molecule has 7 nitrogen and oxygen atoms in total. The lowest BCUT2D eigenvalue weighted by Crippen LogP contribution is -2.42. The Balaban J connectivity index is 2.76. The first-order valence-electron chi connectivity index (χ1n) is 7.09. The third-order valence-electron chi connectivity index (χ3n) is 3.51. The molecule has 0 bridgehead atoms. The Kier molecular flexibility index (Phi) is 6.59. The van der Waals surface area contributed by atoms with Gasteiger partial charge in [-0.2, -0.15) is 0 Å². The monoisotopic (exact) mass is 470 g/mol. The van der Waals surface area contributed by atoms with Gasteiger partial charge in [0.1, 0.15) is 6.04 Å². The molecule has 0 saturated heterocycles. The van der Waals surface area contributed by atoms with Crippen LogP contribution in [-0.2, 0) is 14.8 Å². The van der Waals surface area contributed by atoms with Crippen molar-refractivity contribution in [1.29, 1.82) is 0 Å². The third-order valence-corrected chi connectivity index (χ3v) is 6.76. The lowest BCUT2D eigenvalue weighted by atomic mass is 10.2. The Morgan fingerprint density at radius 3 is 2.19 bits per heavy atom. The van der Waals surface area contributed by atoms with E-state index in [-0.39, 0.29) is 25.7 Å². The van der Waals surface area contributed by atoms with Crippen LogP contribution in [0.4, 0.5) is 11.4 Å². The van der Waals surface area contributed by atoms with Crippen LogP contribution in [-0.4, -0.2) is 24.6 Å². The molecule has 1 atom stereocenters. The highest BCUT2D eigenvalue weighted by molar-refractivity contribution is 7.93. The number of benzene rings is 2. The van der Waals surface area contributed by atoms with Gasteiger partial charge in [0.25, 0.3) is 15.7 Å². The molecular formula is C15H10Cl4N2O5S. The second kappa shape index (κ2) is 8.20. The van der Waals surface area contributed by atoms with Gasteiger partial charge in [-0.1, -0.05) is 34.8 Å². The van der Waals surface area contributed by atoms with Gasteiger partial charge in [-0.05, 0) is 42.8 Å². The molecule has 0 aliphatic rings. The minimum absolute atomic E-state index is 0.0346. The topological polar surface area (TPSA) is 97.6 Å². The Morgan fingerprint density at radius 1 is 1.07 bits per heavy atom. The third kappa shape index (κ3) is 4.47. The summed E-state index contributed by atoms with van der Waals surface area (Å²) in [5.41, 5.74) is -0.698. The highest BCUT2D eigenvalue weighted by atomic mass is 35.5. The summed E-state index contributed by atoms with van der Waals surface area (Å²) in [6, 6.07) is 5.30. The van der Waals surface area contributed by atoms with Crippen molar-refractivity contribution in [2.45, 2.75) is 17.9 Å². The van der Waals surface area contributed by atoms with Crippen LogP contribution in [0.15, 0.2) is 41.3 Å². The molecule has 0 aromatic heterocycles. The fourth-order valence-corrected chi connectivity index (χ4v) is 4.61. The number of nitrogens with zero attached hydrogens (tertiary/aromatic N) is 2. The van der Waals surface area contributed by atoms with Gasteiger partial charge in [0.15, 0.2) is 0 Å². The highest BCUT2D eigenvalue weighted by Crippen LogP contribution is 2.36. The molecule has 0 heterocycles. The first-order valence-corrected chi connectivity index (χ1v) is 10.0. The zero-order valence-corrected chi connectivity index (χ0v) is 17.2. The van der Waals surface area contributed by atoms with Crippen molar-refractivity contribution in [2.24, 2.45) is 0 Å². The number of hydrogen-bond acceptors (Lipinski definition) is 5. The number of non-ortho nitro benzene ring substituents is 1. The summed E-state index contributed by atoms with van der Waals surface area (Å²) >= 11 is 23.3. The molecule has 0 radical (unpaired) electrons. The van der Waals surface area contributed by atoms with E-state index in [1.54, 1.807) is 0 Å². The van der Waals surface area contributed by atoms with Gasteiger partial charge in [-0.3, -0.25) is 19.2 Å². The van der Waals surface area contributed by atoms with E-state index in [1.807, 2.05) is 0 Å². The standard InChI is InChI=1S/C15H10Cl4N2O5S/c1-8(15(19)22)20(14-6-9(21(23)24)2-4-12(14)17)27(25,26)10-3-5-11(16)13(18)7-10/h2-8H,1H3. The predicted molar refractivity (Wildman–Crippen MR) is 105 cm³/mol. The molecule has 0 aliphatic heterocycles. The molecule has 1 unspecified atom stereocenters. The van der Waals surface area contributed by atoms with Crippen LogP contribution >= 0.6 is 46.4 Å². The van der Waals surface area contributed by atoms with Crippen molar-refractivity contribution >= 4 is 73.0 Å². The quantitative estimate of drug-likeness (QED) is 0.339. The number of carbonyl (C=O) groups is 1. The van der Waals surface area contributed by atoms with Crippen molar-refractivity contribution in [1.82, 2.24) is 0 Å². The van der Waals surface area contributed by atoms with E-state index in [1.165, 1.54) is 19.1 Å². The summed E-state index contributed by atoms with van der Waals surface area (Å²) in [6.07, 6.45) is 0. The largest absolute Gasteiger partial charge is 0.279 e. The molecular weight excluding hydrogens is 462 g/mol. The van der Waals surface area contributed by atoms with Crippen LogP contribution < -0.4 is 4.31 Å². The van der Waals surface area contributed by atoms with Gasteiger partial charge in [-0.25, -0.2) is 8.42 Å². The maximum atomic E-state index is 13.2. The Labute approximate surface area is 174 Å². The molecule has 2 aromatic rings. The summed E-state index contributed by atoms with van der Waals surface area (Å²) in [5, 5.41) is 10.0. The molecule has 0 spiro atoms. The first kappa shape index (κ1) is 21.7. The molecule has 144 valence electrons. The van der Waals surface area contributed by atoms with E-state index < -0.39 is 31.9 Å². The van der Waals surface area contributed by atoms with Crippen LogP contribution in [0.25, 0.3) is 0 Å². The van der Waals surface area contributed by atoms with Gasteiger partial charge in [-0.15, -0.1) is 0 Å². The average Bonchev–Trinajstić information content (AvgIpc) is 2.58. The second-order valence-electron chi connectivity index (χ2n) is 5.25. The van der Waals surface area contributed by atoms with E-state index >= 15 is 0 Å². The Hall–Kier alpha value is -1.58. The minimum Gasteiger partial charge on any atom is -0.279 e. The zero-order valence-electron chi connectivity index (χ0n) is 13.4. The van der Waals surface area contributed by atoms with Gasteiger partial charge in [0.2, 0.25) is 5.24 Å². The Bertz CT molecular complexity index is 1030. The zero-order chi connectivity index (χ0) is 20.5. The number of rotatable bonds is 6. The number of carbonyl (C=O) groups excluding carboxylic acids is 1. The molecule has 2 rings (SSSR count). The van der Waals surface area contributed by atoms with E-state index in [0.717, 1.165) is 24.3 Å². The fourth-order valence-electron chi connectivity index (χ4n) is 2.17. The summed E-state index contributed by atoms with van der Waals surface area (Å²) in [5.74, 6) is 0. The maximum Gasteiger partial charge on any atom is 0.271 e. The van der Waals surface area contributed by atoms with Gasteiger partial charge in [0, 0.05) is 12.1 Å². The summed E-state index contributed by atoms with van der Waals surface area (Å²) in [6.45, 7) is 1.22. The molecule has 0 fully saturated rings. The number of hydrogen-bond donors (Lipinski definition) is 0. The molecule has 0 aliphatic carbocycles. The highest BCUT2D eigenvalue weighted by Gasteiger charge is 2.35. The van der Waals surface area contributed by atoms with Crippen molar-refractivity contribution in [3.8, 4) is 0 Å². The molecule has 0 saturated carbocycles. The minimum atomic E-state index is -4.42. The first-order chi connectivity index (χ1) is 12.5. The lowest BCUT2D eigenvalue weighted by molar-refractivity contribution is -0.384. The molecule has 27 heavy (non-hydrogen) atoms. The lowest BCUT2D eigenvalue weighted by Gasteiger charge is -2.29. The normalized spacial score (nSPS) is 12.5. The van der Waals surface area contributed by atoms with Crippen LogP contribution in [0.2, 0.25) is 15.1 Å². The molecule has 0 amide bonds. The molecule has 0 N–H and O–H groups in total. The van der Waals surface area contributed by atoms with E-state index in [4.69, 9.17) is 46.4 Å². The van der Waals surface area contributed by atoms with Crippen LogP contribution in [0.1, 0.15) is 6.92 Å². The average molecular weight is 472 g/mol. The second-order valence-corrected chi connectivity index (χ2v) is 8.66. The van der Waals surface area contributed by atoms with Crippen molar-refractivity contribution in [3.63, 3.8) is 0 Å². The number of sulfonamides is 1. The van der Waals surface area contributed by atoms with Crippen molar-refractivity contribution in [2.75, 3.05) is 4.31 Å². The number of anilines is 1. The SMILES string of the molecule is CC(C(=O)Cl)N(c1cc([N+](=O)[O-])ccc1Cl)S(=O)(=O)c1ccc(Cl)c(Cl)c1. The van der Waals surface area contributed by atoms with Crippen molar-refractivity contribution in [3.05, 3.63) is 61.6 Å². The summed E-state index contributed by atoms with van der Waals surface area (Å²) in [4.78, 5) is 21.8. The number of nitro benzene ring substituents is 1. The number of halogens is 4. The van der Waals surface area contributed by atoms with Gasteiger partial charge >= 0.3 is 0 Å². The van der Waals surface area contributed by atoms with Crippen LogP contribution in [0, 0.1) is 10.1 Å². The fraction of sp³-hybridized carbons (Fsp3) is 0.133. The molecule has 12 heteroatoms.